The van der Waals surface area contributed by atoms with Crippen molar-refractivity contribution < 1.29 is 9.47 Å². The molecule has 4 nitrogen and oxygen atoms in total. The molecular formula is C14H20N2O2. The first kappa shape index (κ1) is 14.5. The molecule has 0 saturated carbocycles. The molecule has 18 heavy (non-hydrogen) atoms. The lowest BCUT2D eigenvalue weighted by atomic mass is 9.86. The van der Waals surface area contributed by atoms with Crippen molar-refractivity contribution in [3.63, 3.8) is 0 Å². The first-order valence-electron chi connectivity index (χ1n) is 5.84. The van der Waals surface area contributed by atoms with Gasteiger partial charge in [-0.15, -0.1) is 0 Å². The van der Waals surface area contributed by atoms with Gasteiger partial charge in [-0.25, -0.2) is 0 Å². The average molecular weight is 248 g/mol. The van der Waals surface area contributed by atoms with Gasteiger partial charge in [0.2, 0.25) is 0 Å². The Balaban J connectivity index is 2.64. The molecule has 0 aliphatic heterocycles. The highest BCUT2D eigenvalue weighted by atomic mass is 16.7. The van der Waals surface area contributed by atoms with E-state index in [2.05, 4.69) is 11.4 Å². The molecular weight excluding hydrogens is 228 g/mol. The second-order valence-electron chi connectivity index (χ2n) is 4.60. The van der Waals surface area contributed by atoms with Crippen LogP contribution in [0.4, 0.5) is 5.69 Å². The summed E-state index contributed by atoms with van der Waals surface area (Å²) in [5.41, 5.74) is 1.53. The zero-order valence-corrected chi connectivity index (χ0v) is 11.4. The minimum atomic E-state index is -0.458. The summed E-state index contributed by atoms with van der Waals surface area (Å²) in [5, 5.41) is 12.3. The van der Waals surface area contributed by atoms with E-state index in [1.54, 1.807) is 14.2 Å². The van der Waals surface area contributed by atoms with Crippen LogP contribution >= 0.6 is 0 Å². The van der Waals surface area contributed by atoms with Gasteiger partial charge in [-0.3, -0.25) is 0 Å². The molecule has 0 aliphatic rings. The lowest BCUT2D eigenvalue weighted by Crippen LogP contribution is -2.23. The lowest BCUT2D eigenvalue weighted by Gasteiger charge is -2.17. The van der Waals surface area contributed by atoms with Crippen LogP contribution in [0.1, 0.15) is 19.4 Å². The van der Waals surface area contributed by atoms with Gasteiger partial charge in [0.15, 0.2) is 6.29 Å². The number of benzene rings is 1. The molecule has 0 bridgehead atoms. The fourth-order valence-electron chi connectivity index (χ4n) is 1.53. The van der Waals surface area contributed by atoms with Crippen LogP contribution < -0.4 is 5.32 Å². The lowest BCUT2D eigenvalue weighted by molar-refractivity contribution is -0.0914. The number of nitriles is 1. The number of ether oxygens (including phenoxy) is 2. The molecule has 1 rings (SSSR count). The molecule has 0 spiro atoms. The maximum Gasteiger partial charge on any atom is 0.173 e. The largest absolute Gasteiger partial charge is 0.380 e. The van der Waals surface area contributed by atoms with E-state index in [-0.39, 0.29) is 6.29 Å². The van der Waals surface area contributed by atoms with Crippen LogP contribution in [0.25, 0.3) is 0 Å². The van der Waals surface area contributed by atoms with E-state index >= 15 is 0 Å². The number of rotatable bonds is 6. The third-order valence-corrected chi connectivity index (χ3v) is 2.88. The number of nitrogens with one attached hydrogen (secondary N) is 1. The second-order valence-corrected chi connectivity index (χ2v) is 4.60. The predicted molar refractivity (Wildman–Crippen MR) is 71.4 cm³/mol. The van der Waals surface area contributed by atoms with E-state index in [0.717, 1.165) is 11.3 Å². The number of hydrogen-bond donors (Lipinski definition) is 1. The summed E-state index contributed by atoms with van der Waals surface area (Å²) in [7, 11) is 3.21. The van der Waals surface area contributed by atoms with Crippen molar-refractivity contribution in [1.29, 1.82) is 5.26 Å². The van der Waals surface area contributed by atoms with Crippen molar-refractivity contribution in [3.8, 4) is 6.07 Å². The van der Waals surface area contributed by atoms with Crippen molar-refractivity contribution in [1.82, 2.24) is 0 Å². The smallest absolute Gasteiger partial charge is 0.173 e. The molecule has 4 heteroatoms. The zero-order valence-electron chi connectivity index (χ0n) is 11.4. The molecule has 0 radical (unpaired) electrons. The van der Waals surface area contributed by atoms with Gasteiger partial charge in [0.05, 0.1) is 18.0 Å². The van der Waals surface area contributed by atoms with Gasteiger partial charge >= 0.3 is 0 Å². The molecule has 1 aromatic carbocycles. The van der Waals surface area contributed by atoms with Crippen LogP contribution in [0.15, 0.2) is 24.3 Å². The van der Waals surface area contributed by atoms with Crippen LogP contribution in [0.2, 0.25) is 0 Å². The molecule has 98 valence electrons. The van der Waals surface area contributed by atoms with Gasteiger partial charge in [-0.1, -0.05) is 12.1 Å². The Morgan fingerprint density at radius 1 is 1.22 bits per heavy atom. The molecule has 0 aromatic heterocycles. The minimum Gasteiger partial charge on any atom is -0.380 e. The SMILES string of the molecule is COC(CNc1ccc(C(C)(C)C#N)cc1)OC. The van der Waals surface area contributed by atoms with Gasteiger partial charge in [-0.05, 0) is 31.5 Å². The minimum absolute atomic E-state index is 0.264. The quantitative estimate of drug-likeness (QED) is 0.786. The molecule has 0 aliphatic carbocycles. The van der Waals surface area contributed by atoms with Gasteiger partial charge in [0.1, 0.15) is 0 Å². The Morgan fingerprint density at radius 3 is 2.22 bits per heavy atom. The van der Waals surface area contributed by atoms with E-state index in [1.807, 2.05) is 38.1 Å². The Hall–Kier alpha value is -1.57. The molecule has 0 unspecified atom stereocenters. The predicted octanol–water partition coefficient (Wildman–Crippen LogP) is 2.52. The Kier molecular flexibility index (Phi) is 5.14. The summed E-state index contributed by atoms with van der Waals surface area (Å²) in [5.74, 6) is 0. The molecule has 0 heterocycles. The number of anilines is 1. The maximum atomic E-state index is 9.06. The highest BCUT2D eigenvalue weighted by molar-refractivity contribution is 5.46. The summed E-state index contributed by atoms with van der Waals surface area (Å²) in [6, 6.07) is 10.1. The van der Waals surface area contributed by atoms with Gasteiger partial charge in [0, 0.05) is 19.9 Å². The van der Waals surface area contributed by atoms with Crippen molar-refractivity contribution >= 4 is 5.69 Å². The van der Waals surface area contributed by atoms with Crippen LogP contribution in [0.3, 0.4) is 0 Å². The highest BCUT2D eigenvalue weighted by Gasteiger charge is 2.19. The summed E-state index contributed by atoms with van der Waals surface area (Å²) in [6.45, 7) is 4.39. The van der Waals surface area contributed by atoms with E-state index in [0.29, 0.717) is 6.54 Å². The monoisotopic (exact) mass is 248 g/mol. The van der Waals surface area contributed by atoms with Crippen molar-refractivity contribution in [2.24, 2.45) is 0 Å². The summed E-state index contributed by atoms with van der Waals surface area (Å²) in [4.78, 5) is 0. The first-order valence-corrected chi connectivity index (χ1v) is 5.84. The van der Waals surface area contributed by atoms with E-state index in [4.69, 9.17) is 14.7 Å². The first-order chi connectivity index (χ1) is 8.53. The molecule has 0 amide bonds. The maximum absolute atomic E-state index is 9.06. The van der Waals surface area contributed by atoms with Gasteiger partial charge in [-0.2, -0.15) is 5.26 Å². The van der Waals surface area contributed by atoms with Gasteiger partial charge in [0.25, 0.3) is 0 Å². The van der Waals surface area contributed by atoms with Crippen LogP contribution in [-0.4, -0.2) is 27.1 Å². The highest BCUT2D eigenvalue weighted by Crippen LogP contribution is 2.23. The molecule has 0 fully saturated rings. The fraction of sp³-hybridized carbons (Fsp3) is 0.500. The third kappa shape index (κ3) is 3.73. The van der Waals surface area contributed by atoms with Crippen LogP contribution in [0, 0.1) is 11.3 Å². The number of nitrogens with zero attached hydrogens (tertiary/aromatic N) is 1. The van der Waals surface area contributed by atoms with Crippen LogP contribution in [-0.2, 0) is 14.9 Å². The molecule has 0 saturated heterocycles. The summed E-state index contributed by atoms with van der Waals surface area (Å²) < 4.78 is 10.2. The normalized spacial score (nSPS) is 11.3. The topological polar surface area (TPSA) is 54.3 Å². The molecule has 0 atom stereocenters. The van der Waals surface area contributed by atoms with Crippen molar-refractivity contribution in [2.45, 2.75) is 25.6 Å². The van der Waals surface area contributed by atoms with E-state index in [1.165, 1.54) is 0 Å². The zero-order chi connectivity index (χ0) is 13.6. The summed E-state index contributed by atoms with van der Waals surface area (Å²) in [6.07, 6.45) is -0.264. The fourth-order valence-corrected chi connectivity index (χ4v) is 1.53. The van der Waals surface area contributed by atoms with Crippen molar-refractivity contribution in [2.75, 3.05) is 26.1 Å². The number of methoxy groups -OCH3 is 2. The Morgan fingerprint density at radius 2 is 1.78 bits per heavy atom. The third-order valence-electron chi connectivity index (χ3n) is 2.88. The van der Waals surface area contributed by atoms with E-state index in [9.17, 15) is 0 Å². The molecule has 1 aromatic rings. The summed E-state index contributed by atoms with van der Waals surface area (Å²) >= 11 is 0. The van der Waals surface area contributed by atoms with E-state index < -0.39 is 5.41 Å². The molecule has 1 N–H and O–H groups in total. The number of hydrogen-bond acceptors (Lipinski definition) is 4. The van der Waals surface area contributed by atoms with Crippen molar-refractivity contribution in [3.05, 3.63) is 29.8 Å². The Labute approximate surface area is 109 Å². The van der Waals surface area contributed by atoms with Crippen LogP contribution in [0.5, 0.6) is 0 Å². The Bertz CT molecular complexity index is 403. The average Bonchev–Trinajstić information content (AvgIpc) is 2.40. The second kappa shape index (κ2) is 6.39. The standard InChI is InChI=1S/C14H20N2O2/c1-14(2,10-15)11-5-7-12(8-6-11)16-9-13(17-3)18-4/h5-8,13,16H,9H2,1-4H3. The van der Waals surface area contributed by atoms with Gasteiger partial charge < -0.3 is 14.8 Å².